The number of anilines is 2. The quantitative estimate of drug-likeness (QED) is 0.573. The lowest BCUT2D eigenvalue weighted by atomic mass is 9.99. The van der Waals surface area contributed by atoms with Crippen molar-refractivity contribution < 1.29 is 4.74 Å². The Morgan fingerprint density at radius 2 is 1.90 bits per heavy atom. The number of fused-ring (bicyclic) bond motifs is 2. The number of rotatable bonds is 4. The van der Waals surface area contributed by atoms with E-state index in [0.29, 0.717) is 0 Å². The van der Waals surface area contributed by atoms with E-state index in [1.807, 2.05) is 30.3 Å². The van der Waals surface area contributed by atoms with Crippen LogP contribution in [0.3, 0.4) is 0 Å². The largest absolute Gasteiger partial charge is 0.495 e. The summed E-state index contributed by atoms with van der Waals surface area (Å²) in [5.74, 6) is 0.795. The molecule has 1 aliphatic carbocycles. The highest BCUT2D eigenvalue weighted by atomic mass is 16.5. The third-order valence-electron chi connectivity index (χ3n) is 5.44. The summed E-state index contributed by atoms with van der Waals surface area (Å²) in [4.78, 5) is 9.20. The van der Waals surface area contributed by atoms with Crippen LogP contribution in [0, 0.1) is 0 Å². The standard InChI is InChI=1S/C25H22N4O/c1-29-14-11-18-8-7-17(9-10-23(18)29)20-15-19(16-22-25(20)27-13-12-26-22)28-21-5-3-4-6-24(21)30-2/h3-8,10-16,28H,9H2,1-2H3. The van der Waals surface area contributed by atoms with E-state index in [2.05, 4.69) is 63.5 Å². The Balaban J connectivity index is 1.63. The molecule has 1 aliphatic rings. The molecular formula is C25H22N4O. The second kappa shape index (κ2) is 7.52. The van der Waals surface area contributed by atoms with Crippen LogP contribution in [0.2, 0.25) is 0 Å². The van der Waals surface area contributed by atoms with Crippen molar-refractivity contribution in [1.82, 2.24) is 14.5 Å². The second-order valence-corrected chi connectivity index (χ2v) is 7.31. The van der Waals surface area contributed by atoms with E-state index in [1.54, 1.807) is 19.5 Å². The Morgan fingerprint density at radius 3 is 2.80 bits per heavy atom. The van der Waals surface area contributed by atoms with Gasteiger partial charge in [0, 0.05) is 42.2 Å². The lowest BCUT2D eigenvalue weighted by molar-refractivity contribution is 0.417. The van der Waals surface area contributed by atoms with Gasteiger partial charge in [0.05, 0.1) is 23.8 Å². The molecule has 0 atom stereocenters. The Morgan fingerprint density at radius 1 is 1.03 bits per heavy atom. The topological polar surface area (TPSA) is 52.0 Å². The minimum Gasteiger partial charge on any atom is -0.495 e. The molecule has 0 spiro atoms. The van der Waals surface area contributed by atoms with Crippen molar-refractivity contribution >= 4 is 40.1 Å². The molecule has 0 radical (unpaired) electrons. The zero-order valence-corrected chi connectivity index (χ0v) is 17.0. The van der Waals surface area contributed by atoms with Gasteiger partial charge in [0.2, 0.25) is 0 Å². The van der Waals surface area contributed by atoms with Gasteiger partial charge in [-0.3, -0.25) is 9.97 Å². The van der Waals surface area contributed by atoms with Gasteiger partial charge in [0.15, 0.2) is 0 Å². The number of aromatic nitrogens is 3. The maximum atomic E-state index is 5.49. The zero-order valence-electron chi connectivity index (χ0n) is 17.0. The van der Waals surface area contributed by atoms with Gasteiger partial charge in [0.25, 0.3) is 0 Å². The Kier molecular flexibility index (Phi) is 4.56. The Labute approximate surface area is 174 Å². The van der Waals surface area contributed by atoms with E-state index < -0.39 is 0 Å². The maximum Gasteiger partial charge on any atom is 0.142 e. The molecule has 0 bridgehead atoms. The predicted molar refractivity (Wildman–Crippen MR) is 122 cm³/mol. The number of para-hydroxylation sites is 2. The Hall–Kier alpha value is -3.86. The molecule has 0 unspecified atom stereocenters. The van der Waals surface area contributed by atoms with Crippen LogP contribution in [0.4, 0.5) is 11.4 Å². The molecule has 2 aromatic carbocycles. The van der Waals surface area contributed by atoms with E-state index in [-0.39, 0.29) is 0 Å². The van der Waals surface area contributed by atoms with Crippen molar-refractivity contribution in [3.05, 3.63) is 83.3 Å². The fourth-order valence-corrected chi connectivity index (χ4v) is 3.92. The molecule has 30 heavy (non-hydrogen) atoms. The molecule has 0 saturated carbocycles. The fraction of sp³-hybridized carbons (Fsp3) is 0.120. The van der Waals surface area contributed by atoms with E-state index >= 15 is 0 Å². The first kappa shape index (κ1) is 18.2. The number of methoxy groups -OCH3 is 1. The number of nitrogens with zero attached hydrogens (tertiary/aromatic N) is 3. The van der Waals surface area contributed by atoms with Gasteiger partial charge < -0.3 is 14.6 Å². The molecule has 2 heterocycles. The van der Waals surface area contributed by atoms with E-state index in [9.17, 15) is 0 Å². The molecular weight excluding hydrogens is 372 g/mol. The van der Waals surface area contributed by atoms with Crippen LogP contribution in [0.1, 0.15) is 12.0 Å². The minimum atomic E-state index is 0.795. The van der Waals surface area contributed by atoms with Crippen molar-refractivity contribution in [3.8, 4) is 5.75 Å². The monoisotopic (exact) mass is 394 g/mol. The number of ether oxygens (including phenoxy) is 1. The molecule has 0 aliphatic heterocycles. The van der Waals surface area contributed by atoms with Crippen LogP contribution < -0.4 is 20.6 Å². The lowest BCUT2D eigenvalue weighted by Crippen LogP contribution is -2.26. The van der Waals surface area contributed by atoms with Gasteiger partial charge in [-0.05, 0) is 47.5 Å². The van der Waals surface area contributed by atoms with Crippen LogP contribution >= 0.6 is 0 Å². The lowest BCUT2D eigenvalue weighted by Gasteiger charge is -2.14. The van der Waals surface area contributed by atoms with Crippen molar-refractivity contribution in [2.24, 2.45) is 7.05 Å². The van der Waals surface area contributed by atoms with Gasteiger partial charge in [-0.15, -0.1) is 0 Å². The van der Waals surface area contributed by atoms with Crippen molar-refractivity contribution in [2.45, 2.75) is 6.42 Å². The molecule has 148 valence electrons. The molecule has 5 rings (SSSR count). The predicted octanol–water partition coefficient (Wildman–Crippen LogP) is 3.77. The second-order valence-electron chi connectivity index (χ2n) is 7.31. The van der Waals surface area contributed by atoms with Crippen molar-refractivity contribution in [2.75, 3.05) is 12.4 Å². The molecule has 4 aromatic rings. The normalized spacial score (nSPS) is 12.9. The number of hydrogen-bond donors (Lipinski definition) is 1. The Bertz CT molecular complexity index is 1400. The van der Waals surface area contributed by atoms with E-state index in [4.69, 9.17) is 4.74 Å². The van der Waals surface area contributed by atoms with Crippen LogP contribution in [-0.4, -0.2) is 21.6 Å². The van der Waals surface area contributed by atoms with E-state index in [0.717, 1.165) is 40.1 Å². The SMILES string of the molecule is COc1ccccc1Nc1cc(C2=CC=c3ccn(C)c3=CC2)c2nccnc2c1. The number of nitrogens with one attached hydrogen (secondary N) is 1. The van der Waals surface area contributed by atoms with Crippen molar-refractivity contribution in [3.63, 3.8) is 0 Å². The summed E-state index contributed by atoms with van der Waals surface area (Å²) >= 11 is 0. The minimum absolute atomic E-state index is 0.795. The van der Waals surface area contributed by atoms with Crippen LogP contribution in [-0.2, 0) is 7.05 Å². The molecule has 5 heteroatoms. The van der Waals surface area contributed by atoms with Gasteiger partial charge in [0.1, 0.15) is 5.75 Å². The smallest absolute Gasteiger partial charge is 0.142 e. The molecule has 0 amide bonds. The van der Waals surface area contributed by atoms with Gasteiger partial charge in [-0.25, -0.2) is 0 Å². The van der Waals surface area contributed by atoms with Gasteiger partial charge in [-0.2, -0.15) is 0 Å². The third-order valence-corrected chi connectivity index (χ3v) is 5.44. The summed E-state index contributed by atoms with van der Waals surface area (Å²) in [5, 5.41) is 5.95. The third kappa shape index (κ3) is 3.24. The molecule has 0 saturated heterocycles. The molecule has 1 N–H and O–H groups in total. The zero-order chi connectivity index (χ0) is 20.5. The van der Waals surface area contributed by atoms with Crippen LogP contribution in [0.15, 0.2) is 67.1 Å². The number of aryl methyl sites for hydroxylation is 1. The summed E-state index contributed by atoms with van der Waals surface area (Å²) in [6, 6.07) is 14.2. The summed E-state index contributed by atoms with van der Waals surface area (Å²) in [7, 11) is 3.75. The molecule has 2 aromatic heterocycles. The summed E-state index contributed by atoms with van der Waals surface area (Å²) in [6.45, 7) is 0. The first-order valence-electron chi connectivity index (χ1n) is 9.90. The first-order chi connectivity index (χ1) is 14.7. The van der Waals surface area contributed by atoms with E-state index in [1.165, 1.54) is 16.1 Å². The number of hydrogen-bond acceptors (Lipinski definition) is 4. The molecule has 0 fully saturated rings. The number of allylic oxidation sites excluding steroid dienone is 2. The summed E-state index contributed by atoms with van der Waals surface area (Å²) in [5.41, 5.74) is 5.91. The average molecular weight is 394 g/mol. The summed E-state index contributed by atoms with van der Waals surface area (Å²) < 4.78 is 7.65. The maximum absolute atomic E-state index is 5.49. The van der Waals surface area contributed by atoms with Crippen LogP contribution in [0.25, 0.3) is 28.8 Å². The van der Waals surface area contributed by atoms with Crippen LogP contribution in [0.5, 0.6) is 5.75 Å². The van der Waals surface area contributed by atoms with Gasteiger partial charge in [-0.1, -0.05) is 30.4 Å². The fourth-order valence-electron chi connectivity index (χ4n) is 3.92. The molecule has 5 nitrogen and oxygen atoms in total. The number of benzene rings is 2. The van der Waals surface area contributed by atoms with Gasteiger partial charge >= 0.3 is 0 Å². The summed E-state index contributed by atoms with van der Waals surface area (Å²) in [6.07, 6.45) is 13.0. The highest BCUT2D eigenvalue weighted by Crippen LogP contribution is 2.33. The highest BCUT2D eigenvalue weighted by molar-refractivity contribution is 5.94. The first-order valence-corrected chi connectivity index (χ1v) is 9.90. The highest BCUT2D eigenvalue weighted by Gasteiger charge is 2.12. The van der Waals surface area contributed by atoms with Crippen molar-refractivity contribution in [1.29, 1.82) is 0 Å². The average Bonchev–Trinajstić information content (AvgIpc) is 2.99.